The van der Waals surface area contributed by atoms with E-state index in [4.69, 9.17) is 16.6 Å². The lowest BCUT2D eigenvalue weighted by atomic mass is 9.95. The van der Waals surface area contributed by atoms with Gasteiger partial charge >= 0.3 is 5.97 Å². The van der Waals surface area contributed by atoms with Crippen LogP contribution in [0.2, 0.25) is 5.02 Å². The first kappa shape index (κ1) is 22.9. The number of aromatic nitrogens is 1. The highest BCUT2D eigenvalue weighted by Crippen LogP contribution is 2.30. The number of carbonyl (C=O) groups is 2. The standard InChI is InChI=1S/C25H27ClN4O3/c1-25(2,3)24(33)27-16-8-9-20-17(14-16)18(23(31)32)15-22(28-20)30-12-10-29(11-13-30)21-7-5-4-6-19(21)26/h4-9,14-15H,10-13H2,1-3H3,(H,27,33)(H,31,32). The molecule has 1 aliphatic rings. The molecule has 7 nitrogen and oxygen atoms in total. The van der Waals surface area contributed by atoms with Gasteiger partial charge in [-0.2, -0.15) is 0 Å². The van der Waals surface area contributed by atoms with Gasteiger partial charge in [-0.15, -0.1) is 0 Å². The number of halogens is 1. The molecule has 0 aliphatic carbocycles. The van der Waals surface area contributed by atoms with Gasteiger partial charge in [0.05, 0.1) is 21.8 Å². The largest absolute Gasteiger partial charge is 0.478 e. The molecule has 8 heteroatoms. The van der Waals surface area contributed by atoms with Gasteiger partial charge in [-0.1, -0.05) is 44.5 Å². The Morgan fingerprint density at radius 3 is 2.30 bits per heavy atom. The van der Waals surface area contributed by atoms with Crippen molar-refractivity contribution < 1.29 is 14.7 Å². The Bertz CT molecular complexity index is 1210. The maximum atomic E-state index is 12.3. The summed E-state index contributed by atoms with van der Waals surface area (Å²) in [7, 11) is 0. The number of fused-ring (bicyclic) bond motifs is 1. The number of benzene rings is 2. The molecule has 1 aliphatic heterocycles. The Labute approximate surface area is 198 Å². The second-order valence-electron chi connectivity index (χ2n) is 9.19. The zero-order valence-electron chi connectivity index (χ0n) is 18.9. The van der Waals surface area contributed by atoms with E-state index in [-0.39, 0.29) is 11.5 Å². The van der Waals surface area contributed by atoms with Gasteiger partial charge in [0, 0.05) is 42.7 Å². The van der Waals surface area contributed by atoms with Crippen molar-refractivity contribution in [2.24, 2.45) is 5.41 Å². The Morgan fingerprint density at radius 2 is 1.67 bits per heavy atom. The molecule has 33 heavy (non-hydrogen) atoms. The molecule has 0 unspecified atom stereocenters. The van der Waals surface area contributed by atoms with Gasteiger partial charge in [0.1, 0.15) is 5.82 Å². The molecule has 2 aromatic carbocycles. The van der Waals surface area contributed by atoms with E-state index in [0.29, 0.717) is 35.5 Å². The molecular weight excluding hydrogens is 440 g/mol. The van der Waals surface area contributed by atoms with Crippen LogP contribution in [0.1, 0.15) is 31.1 Å². The molecule has 0 spiro atoms. The van der Waals surface area contributed by atoms with Crippen molar-refractivity contribution >= 4 is 51.6 Å². The Balaban J connectivity index is 1.59. The Hall–Kier alpha value is -3.32. The van der Waals surface area contributed by atoms with Crippen LogP contribution in [0.3, 0.4) is 0 Å². The number of para-hydroxylation sites is 1. The summed E-state index contributed by atoms with van der Waals surface area (Å²) < 4.78 is 0. The van der Waals surface area contributed by atoms with Gasteiger partial charge in [0.2, 0.25) is 5.91 Å². The number of carboxylic acid groups (broad SMARTS) is 1. The van der Waals surface area contributed by atoms with Crippen LogP contribution in [0.5, 0.6) is 0 Å². The van der Waals surface area contributed by atoms with E-state index in [0.717, 1.165) is 23.8 Å². The fraction of sp³-hybridized carbons (Fsp3) is 0.320. The molecule has 1 amide bonds. The van der Waals surface area contributed by atoms with Gasteiger partial charge in [0.25, 0.3) is 0 Å². The SMILES string of the molecule is CC(C)(C)C(=O)Nc1ccc2nc(N3CCN(c4ccccc4Cl)CC3)cc(C(=O)O)c2c1. The van der Waals surface area contributed by atoms with Crippen molar-refractivity contribution in [3.05, 3.63) is 59.1 Å². The van der Waals surface area contributed by atoms with Crippen LogP contribution in [0, 0.1) is 5.41 Å². The van der Waals surface area contributed by atoms with E-state index in [1.54, 1.807) is 24.3 Å². The number of piperazine rings is 1. The fourth-order valence-corrected chi connectivity index (χ4v) is 4.09. The van der Waals surface area contributed by atoms with Gasteiger partial charge in [-0.25, -0.2) is 9.78 Å². The van der Waals surface area contributed by atoms with Crippen LogP contribution >= 0.6 is 11.6 Å². The van der Waals surface area contributed by atoms with Crippen LogP contribution in [-0.2, 0) is 4.79 Å². The average Bonchev–Trinajstić information content (AvgIpc) is 2.78. The lowest BCUT2D eigenvalue weighted by Gasteiger charge is -2.37. The van der Waals surface area contributed by atoms with Crippen molar-refractivity contribution in [3.63, 3.8) is 0 Å². The molecule has 1 fully saturated rings. The Kier molecular flexibility index (Phi) is 6.17. The molecule has 172 valence electrons. The van der Waals surface area contributed by atoms with Crippen molar-refractivity contribution in [1.29, 1.82) is 0 Å². The maximum Gasteiger partial charge on any atom is 0.336 e. The minimum atomic E-state index is -1.03. The number of nitrogens with zero attached hydrogens (tertiary/aromatic N) is 3. The summed E-state index contributed by atoms with van der Waals surface area (Å²) >= 11 is 6.34. The number of rotatable bonds is 4. The number of hydrogen-bond donors (Lipinski definition) is 2. The van der Waals surface area contributed by atoms with Crippen LogP contribution < -0.4 is 15.1 Å². The van der Waals surface area contributed by atoms with E-state index in [1.807, 2.05) is 45.0 Å². The molecule has 0 atom stereocenters. The first-order valence-corrected chi connectivity index (χ1v) is 11.3. The quantitative estimate of drug-likeness (QED) is 0.569. The zero-order chi connectivity index (χ0) is 23.8. The summed E-state index contributed by atoms with van der Waals surface area (Å²) in [4.78, 5) is 33.4. The van der Waals surface area contributed by atoms with Crippen molar-refractivity contribution in [2.45, 2.75) is 20.8 Å². The van der Waals surface area contributed by atoms with E-state index in [9.17, 15) is 14.7 Å². The number of pyridine rings is 1. The topological polar surface area (TPSA) is 85.8 Å². The number of anilines is 3. The zero-order valence-corrected chi connectivity index (χ0v) is 19.7. The molecule has 2 heterocycles. The second-order valence-corrected chi connectivity index (χ2v) is 9.60. The van der Waals surface area contributed by atoms with E-state index in [1.165, 1.54) is 0 Å². The number of hydrogen-bond acceptors (Lipinski definition) is 5. The second kappa shape index (κ2) is 8.90. The molecule has 0 bridgehead atoms. The highest BCUT2D eigenvalue weighted by atomic mass is 35.5. The molecule has 0 radical (unpaired) electrons. The minimum absolute atomic E-state index is 0.139. The third-order valence-electron chi connectivity index (χ3n) is 5.76. The smallest absolute Gasteiger partial charge is 0.336 e. The average molecular weight is 467 g/mol. The highest BCUT2D eigenvalue weighted by molar-refractivity contribution is 6.33. The van der Waals surface area contributed by atoms with Crippen LogP contribution in [-0.4, -0.2) is 48.1 Å². The number of aromatic carboxylic acids is 1. The third kappa shape index (κ3) is 4.88. The number of nitrogens with one attached hydrogen (secondary N) is 1. The third-order valence-corrected chi connectivity index (χ3v) is 6.08. The number of carbonyl (C=O) groups excluding carboxylic acids is 1. The molecule has 4 rings (SSSR count). The molecule has 2 N–H and O–H groups in total. The lowest BCUT2D eigenvalue weighted by Crippen LogP contribution is -2.47. The molecular formula is C25H27ClN4O3. The Morgan fingerprint density at radius 1 is 1.00 bits per heavy atom. The summed E-state index contributed by atoms with van der Waals surface area (Å²) in [6.45, 7) is 8.38. The van der Waals surface area contributed by atoms with Gasteiger partial charge in [-0.05, 0) is 36.4 Å². The van der Waals surface area contributed by atoms with Crippen molar-refractivity contribution in [3.8, 4) is 0 Å². The van der Waals surface area contributed by atoms with E-state index in [2.05, 4.69) is 15.1 Å². The fourth-order valence-electron chi connectivity index (χ4n) is 3.83. The van der Waals surface area contributed by atoms with Crippen LogP contribution in [0.4, 0.5) is 17.2 Å². The molecule has 1 saturated heterocycles. The first-order valence-electron chi connectivity index (χ1n) is 10.9. The van der Waals surface area contributed by atoms with Crippen LogP contribution in [0.25, 0.3) is 10.9 Å². The number of amides is 1. The summed E-state index contributed by atoms with van der Waals surface area (Å²) in [5, 5.41) is 13.9. The summed E-state index contributed by atoms with van der Waals surface area (Å²) in [6, 6.07) is 14.6. The predicted octanol–water partition coefficient (Wildman–Crippen LogP) is 4.90. The number of carboxylic acids is 1. The summed E-state index contributed by atoms with van der Waals surface area (Å²) in [5.74, 6) is -0.539. The van der Waals surface area contributed by atoms with E-state index >= 15 is 0 Å². The van der Waals surface area contributed by atoms with Gasteiger partial charge in [0.15, 0.2) is 0 Å². The van der Waals surface area contributed by atoms with Gasteiger partial charge < -0.3 is 20.2 Å². The monoisotopic (exact) mass is 466 g/mol. The highest BCUT2D eigenvalue weighted by Gasteiger charge is 2.24. The van der Waals surface area contributed by atoms with Crippen molar-refractivity contribution in [1.82, 2.24) is 4.98 Å². The molecule has 1 aromatic heterocycles. The van der Waals surface area contributed by atoms with E-state index < -0.39 is 11.4 Å². The van der Waals surface area contributed by atoms with Crippen LogP contribution in [0.15, 0.2) is 48.5 Å². The molecule has 3 aromatic rings. The first-order chi connectivity index (χ1) is 15.6. The van der Waals surface area contributed by atoms with Gasteiger partial charge in [-0.3, -0.25) is 4.79 Å². The van der Waals surface area contributed by atoms with Crippen molar-refractivity contribution in [2.75, 3.05) is 41.3 Å². The summed E-state index contributed by atoms with van der Waals surface area (Å²) in [6.07, 6.45) is 0. The summed E-state index contributed by atoms with van der Waals surface area (Å²) in [5.41, 5.74) is 1.73. The normalized spacial score (nSPS) is 14.4. The predicted molar refractivity (Wildman–Crippen MR) is 133 cm³/mol. The maximum absolute atomic E-state index is 12.3. The minimum Gasteiger partial charge on any atom is -0.478 e. The molecule has 0 saturated carbocycles. The lowest BCUT2D eigenvalue weighted by molar-refractivity contribution is -0.123.